The molecule has 2 aliphatic rings. The topological polar surface area (TPSA) is 51.0 Å². The van der Waals surface area contributed by atoms with E-state index in [0.29, 0.717) is 0 Å². The first-order valence-corrected chi connectivity index (χ1v) is 8.45. The number of aromatic nitrogens is 2. The number of nitrogens with zero attached hydrogens (tertiary/aromatic N) is 2. The van der Waals surface area contributed by atoms with Crippen molar-refractivity contribution in [2.24, 2.45) is 5.92 Å². The summed E-state index contributed by atoms with van der Waals surface area (Å²) >= 11 is 0. The molecule has 1 aromatic rings. The van der Waals surface area contributed by atoms with Crippen LogP contribution < -0.4 is 5.32 Å². The lowest BCUT2D eigenvalue weighted by molar-refractivity contribution is 0.378. The van der Waals surface area contributed by atoms with E-state index in [2.05, 4.69) is 15.5 Å². The summed E-state index contributed by atoms with van der Waals surface area (Å²) < 4.78 is 5.80. The number of hydrogen-bond acceptors (Lipinski definition) is 4. The van der Waals surface area contributed by atoms with E-state index in [1.807, 2.05) is 0 Å². The first-order chi connectivity index (χ1) is 9.90. The van der Waals surface area contributed by atoms with Crippen LogP contribution in [0.2, 0.25) is 0 Å². The molecule has 0 amide bonds. The number of nitrogens with one attached hydrogen (secondary N) is 1. The van der Waals surface area contributed by atoms with Crippen molar-refractivity contribution in [2.45, 2.75) is 76.7 Å². The van der Waals surface area contributed by atoms with Crippen molar-refractivity contribution in [1.29, 1.82) is 0 Å². The van der Waals surface area contributed by atoms with Gasteiger partial charge in [-0.15, -0.1) is 10.2 Å². The summed E-state index contributed by atoms with van der Waals surface area (Å²) in [6.45, 7) is 1.07. The first kappa shape index (κ1) is 14.1. The molecule has 0 spiro atoms. The molecule has 1 heterocycles. The molecule has 3 rings (SSSR count). The Balaban J connectivity index is 1.38. The molecule has 4 nitrogen and oxygen atoms in total. The number of rotatable bonds is 7. The molecule has 20 heavy (non-hydrogen) atoms. The minimum Gasteiger partial charge on any atom is -0.425 e. The minimum atomic E-state index is 0.766. The van der Waals surface area contributed by atoms with Gasteiger partial charge in [0.15, 0.2) is 0 Å². The second-order valence-electron chi connectivity index (χ2n) is 6.48. The molecule has 2 fully saturated rings. The van der Waals surface area contributed by atoms with Crippen LogP contribution in [0, 0.1) is 5.92 Å². The van der Waals surface area contributed by atoms with Gasteiger partial charge in [-0.1, -0.05) is 25.7 Å². The van der Waals surface area contributed by atoms with Crippen molar-refractivity contribution in [3.8, 4) is 0 Å². The lowest BCUT2D eigenvalue weighted by atomic mass is 9.97. The van der Waals surface area contributed by atoms with Gasteiger partial charge >= 0.3 is 0 Å². The SMILES string of the molecule is C1CCCC(Cc2nnc(CCCNC3CC3)o2)CC1. The van der Waals surface area contributed by atoms with E-state index >= 15 is 0 Å². The minimum absolute atomic E-state index is 0.766. The second-order valence-corrected chi connectivity index (χ2v) is 6.48. The molecule has 1 N–H and O–H groups in total. The summed E-state index contributed by atoms with van der Waals surface area (Å²) in [6, 6.07) is 0.795. The molecule has 0 aromatic carbocycles. The van der Waals surface area contributed by atoms with Gasteiger partial charge in [0, 0.05) is 18.9 Å². The smallest absolute Gasteiger partial charge is 0.216 e. The average molecular weight is 277 g/mol. The van der Waals surface area contributed by atoms with Gasteiger partial charge < -0.3 is 9.73 Å². The molecule has 0 saturated heterocycles. The van der Waals surface area contributed by atoms with Gasteiger partial charge in [-0.3, -0.25) is 0 Å². The van der Waals surface area contributed by atoms with E-state index < -0.39 is 0 Å². The zero-order valence-electron chi connectivity index (χ0n) is 12.4. The Hall–Kier alpha value is -0.900. The zero-order valence-corrected chi connectivity index (χ0v) is 12.4. The van der Waals surface area contributed by atoms with Crippen molar-refractivity contribution in [2.75, 3.05) is 6.54 Å². The van der Waals surface area contributed by atoms with Crippen molar-refractivity contribution >= 4 is 0 Å². The quantitative estimate of drug-likeness (QED) is 0.614. The standard InChI is InChI=1S/C16H27N3O/c1-2-4-7-13(6-3-1)12-16-19-18-15(20-16)8-5-11-17-14-9-10-14/h13-14,17H,1-12H2. The van der Waals surface area contributed by atoms with Gasteiger partial charge in [0.2, 0.25) is 11.8 Å². The Labute approximate surface area is 121 Å². The fourth-order valence-corrected chi connectivity index (χ4v) is 3.12. The largest absolute Gasteiger partial charge is 0.425 e. The fourth-order valence-electron chi connectivity index (χ4n) is 3.12. The highest BCUT2D eigenvalue weighted by molar-refractivity contribution is 4.86. The van der Waals surface area contributed by atoms with Crippen LogP contribution in [-0.2, 0) is 12.8 Å². The molecule has 0 aliphatic heterocycles. The van der Waals surface area contributed by atoms with Crippen LogP contribution in [0.25, 0.3) is 0 Å². The summed E-state index contributed by atoms with van der Waals surface area (Å²) in [7, 11) is 0. The molecular formula is C16H27N3O. The van der Waals surface area contributed by atoms with Gasteiger partial charge in [-0.2, -0.15) is 0 Å². The third-order valence-electron chi connectivity index (χ3n) is 4.52. The Morgan fingerprint density at radius 3 is 2.45 bits per heavy atom. The molecule has 1 aromatic heterocycles. The van der Waals surface area contributed by atoms with E-state index in [4.69, 9.17) is 4.42 Å². The van der Waals surface area contributed by atoms with E-state index in [9.17, 15) is 0 Å². The van der Waals surface area contributed by atoms with Crippen LogP contribution in [0.15, 0.2) is 4.42 Å². The van der Waals surface area contributed by atoms with Crippen molar-refractivity contribution in [3.63, 3.8) is 0 Å². The van der Waals surface area contributed by atoms with E-state index in [1.165, 1.54) is 51.4 Å². The monoisotopic (exact) mass is 277 g/mol. The van der Waals surface area contributed by atoms with E-state index in [1.54, 1.807) is 0 Å². The Morgan fingerprint density at radius 1 is 0.950 bits per heavy atom. The molecular weight excluding hydrogens is 250 g/mol. The highest BCUT2D eigenvalue weighted by Crippen LogP contribution is 2.25. The molecule has 0 radical (unpaired) electrons. The molecule has 0 bridgehead atoms. The van der Waals surface area contributed by atoms with Gasteiger partial charge in [0.1, 0.15) is 0 Å². The Morgan fingerprint density at radius 2 is 1.70 bits per heavy atom. The zero-order chi connectivity index (χ0) is 13.6. The third-order valence-corrected chi connectivity index (χ3v) is 4.52. The second kappa shape index (κ2) is 7.21. The molecule has 0 atom stereocenters. The van der Waals surface area contributed by atoms with Crippen molar-refractivity contribution in [3.05, 3.63) is 11.8 Å². The Kier molecular flexibility index (Phi) is 5.06. The van der Waals surface area contributed by atoms with Crippen molar-refractivity contribution < 1.29 is 4.42 Å². The van der Waals surface area contributed by atoms with Crippen LogP contribution in [0.1, 0.15) is 69.6 Å². The van der Waals surface area contributed by atoms with E-state index in [-0.39, 0.29) is 0 Å². The Bertz CT molecular complexity index is 392. The van der Waals surface area contributed by atoms with Gasteiger partial charge in [0.05, 0.1) is 0 Å². The maximum absolute atomic E-state index is 5.80. The van der Waals surface area contributed by atoms with Gasteiger partial charge in [-0.05, 0) is 44.6 Å². The van der Waals surface area contributed by atoms with Crippen LogP contribution >= 0.6 is 0 Å². The predicted octanol–water partition coefficient (Wildman–Crippen LogP) is 3.27. The third kappa shape index (κ3) is 4.58. The highest BCUT2D eigenvalue weighted by atomic mass is 16.4. The summed E-state index contributed by atoms with van der Waals surface area (Å²) in [5.41, 5.74) is 0. The number of aryl methyl sites for hydroxylation is 1. The average Bonchev–Trinajstić information content (AvgIpc) is 3.22. The van der Waals surface area contributed by atoms with Crippen LogP contribution in [0.5, 0.6) is 0 Å². The molecule has 2 aliphatic carbocycles. The molecule has 4 heteroatoms. The molecule has 112 valence electrons. The maximum Gasteiger partial charge on any atom is 0.216 e. The lowest BCUT2D eigenvalue weighted by Crippen LogP contribution is -2.17. The normalized spacial score (nSPS) is 21.0. The van der Waals surface area contributed by atoms with Gasteiger partial charge in [-0.25, -0.2) is 0 Å². The predicted molar refractivity (Wildman–Crippen MR) is 78.5 cm³/mol. The summed E-state index contributed by atoms with van der Waals surface area (Å²) in [4.78, 5) is 0. The van der Waals surface area contributed by atoms with Crippen molar-refractivity contribution in [1.82, 2.24) is 15.5 Å². The van der Waals surface area contributed by atoms with Crippen LogP contribution in [-0.4, -0.2) is 22.8 Å². The first-order valence-electron chi connectivity index (χ1n) is 8.45. The lowest BCUT2D eigenvalue weighted by Gasteiger charge is -2.10. The maximum atomic E-state index is 5.80. The fraction of sp³-hybridized carbons (Fsp3) is 0.875. The van der Waals surface area contributed by atoms with Crippen LogP contribution in [0.4, 0.5) is 0 Å². The van der Waals surface area contributed by atoms with Crippen LogP contribution in [0.3, 0.4) is 0 Å². The summed E-state index contributed by atoms with van der Waals surface area (Å²) in [5.74, 6) is 2.45. The summed E-state index contributed by atoms with van der Waals surface area (Å²) in [6.07, 6.45) is 13.9. The highest BCUT2D eigenvalue weighted by Gasteiger charge is 2.20. The van der Waals surface area contributed by atoms with Gasteiger partial charge in [0.25, 0.3) is 0 Å². The molecule has 0 unspecified atom stereocenters. The summed E-state index contributed by atoms with van der Waals surface area (Å²) in [5, 5.41) is 11.9. The number of hydrogen-bond donors (Lipinski definition) is 1. The van der Waals surface area contributed by atoms with E-state index in [0.717, 1.165) is 49.5 Å². The molecule has 2 saturated carbocycles.